The Hall–Kier alpha value is -0.440. The summed E-state index contributed by atoms with van der Waals surface area (Å²) in [6.45, 7) is -1.35. The van der Waals surface area contributed by atoms with Crippen molar-refractivity contribution in [2.75, 3.05) is 13.2 Å². The molecule has 0 spiro atoms. The Bertz CT molecular complexity index is 378. The van der Waals surface area contributed by atoms with Gasteiger partial charge in [0.1, 0.15) is 48.8 Å². The maximum Gasteiger partial charge on any atom is 0.187 e. The van der Waals surface area contributed by atoms with E-state index >= 15 is 0 Å². The van der Waals surface area contributed by atoms with Crippen molar-refractivity contribution in [3.63, 3.8) is 0 Å². The zero-order valence-corrected chi connectivity index (χ0v) is 12.0. The summed E-state index contributed by atoms with van der Waals surface area (Å²) in [7, 11) is 0. The average molecular weight is 342 g/mol. The average Bonchev–Trinajstić information content (AvgIpc) is 2.55. The third-order valence-corrected chi connectivity index (χ3v) is 3.98. The first-order valence-electron chi connectivity index (χ1n) is 7.08. The van der Waals surface area contributed by atoms with E-state index in [0.717, 1.165) is 0 Å². The van der Waals surface area contributed by atoms with Crippen molar-refractivity contribution >= 4 is 0 Å². The number of hydrogen-bond donors (Lipinski definition) is 8. The van der Waals surface area contributed by atoms with Gasteiger partial charge in [0.25, 0.3) is 0 Å². The molecule has 23 heavy (non-hydrogen) atoms. The van der Waals surface area contributed by atoms with Gasteiger partial charge in [0.05, 0.1) is 13.2 Å². The summed E-state index contributed by atoms with van der Waals surface area (Å²) < 4.78 is 15.3. The van der Waals surface area contributed by atoms with Crippen LogP contribution in [0.3, 0.4) is 0 Å². The number of rotatable bonds is 4. The largest absolute Gasteiger partial charge is 0.394 e. The molecular weight excluding hydrogens is 320 g/mol. The summed E-state index contributed by atoms with van der Waals surface area (Å²) in [5.41, 5.74) is 0. The van der Waals surface area contributed by atoms with Crippen LogP contribution in [0.15, 0.2) is 0 Å². The number of aliphatic hydroxyl groups is 8. The van der Waals surface area contributed by atoms with Gasteiger partial charge in [0.15, 0.2) is 12.6 Å². The minimum Gasteiger partial charge on any atom is -0.394 e. The molecule has 11 heteroatoms. The van der Waals surface area contributed by atoms with E-state index in [2.05, 4.69) is 0 Å². The highest BCUT2D eigenvalue weighted by Crippen LogP contribution is 2.28. The third-order valence-electron chi connectivity index (χ3n) is 3.98. The normalized spacial score (nSPS) is 51.7. The smallest absolute Gasteiger partial charge is 0.187 e. The van der Waals surface area contributed by atoms with Crippen LogP contribution >= 0.6 is 0 Å². The van der Waals surface area contributed by atoms with Crippen LogP contribution in [0.25, 0.3) is 0 Å². The molecule has 11 nitrogen and oxygen atoms in total. The Kier molecular flexibility index (Phi) is 6.27. The van der Waals surface area contributed by atoms with Crippen LogP contribution in [-0.4, -0.2) is 115 Å². The molecule has 0 aromatic heterocycles. The second kappa shape index (κ2) is 7.63. The lowest BCUT2D eigenvalue weighted by Gasteiger charge is -2.45. The molecular formula is C12H22O11. The molecule has 2 rings (SSSR count). The van der Waals surface area contributed by atoms with Crippen molar-refractivity contribution in [2.45, 2.75) is 61.4 Å². The van der Waals surface area contributed by atoms with E-state index in [1.165, 1.54) is 0 Å². The second-order valence-corrected chi connectivity index (χ2v) is 5.53. The van der Waals surface area contributed by atoms with E-state index in [1.807, 2.05) is 0 Å². The minimum atomic E-state index is -1.74. The van der Waals surface area contributed by atoms with Gasteiger partial charge in [-0.1, -0.05) is 0 Å². The molecule has 0 bridgehead atoms. The van der Waals surface area contributed by atoms with Crippen molar-refractivity contribution in [1.29, 1.82) is 0 Å². The summed E-state index contributed by atoms with van der Waals surface area (Å²) >= 11 is 0. The molecule has 2 aliphatic rings. The predicted octanol–water partition coefficient (Wildman–Crippen LogP) is -5.40. The van der Waals surface area contributed by atoms with Crippen LogP contribution in [0.4, 0.5) is 0 Å². The molecule has 8 N–H and O–H groups in total. The van der Waals surface area contributed by atoms with Crippen molar-refractivity contribution in [1.82, 2.24) is 0 Å². The minimum absolute atomic E-state index is 0.667. The fourth-order valence-electron chi connectivity index (χ4n) is 2.57. The molecule has 0 radical (unpaired) electrons. The summed E-state index contributed by atoms with van der Waals surface area (Å²) in [4.78, 5) is 0. The zero-order valence-electron chi connectivity index (χ0n) is 12.0. The Morgan fingerprint density at radius 2 is 1.26 bits per heavy atom. The number of ether oxygens (including phenoxy) is 3. The van der Waals surface area contributed by atoms with Gasteiger partial charge < -0.3 is 55.1 Å². The highest BCUT2D eigenvalue weighted by molar-refractivity contribution is 4.93. The highest BCUT2D eigenvalue weighted by Gasteiger charge is 2.50. The molecule has 0 aromatic rings. The van der Waals surface area contributed by atoms with Crippen LogP contribution in [0.5, 0.6) is 0 Å². The first kappa shape index (κ1) is 18.9. The standard InChI is InChI=1S/C12H22O11/c13-1-3-5(15)6(16)9(19)12(22-3)23-10-4(2-14)21-11(20)8(18)7(10)17/h3-20H,1-2H2/t3?,4?,5-,6?,7?,8-,9-,10+,11+,12-/m0/s1. The lowest BCUT2D eigenvalue weighted by Crippen LogP contribution is -2.64. The molecule has 136 valence electrons. The van der Waals surface area contributed by atoms with Gasteiger partial charge in [-0.25, -0.2) is 0 Å². The summed E-state index contributed by atoms with van der Waals surface area (Å²) in [6.07, 6.45) is -15.6. The van der Waals surface area contributed by atoms with E-state index in [4.69, 9.17) is 19.3 Å². The molecule has 2 aliphatic heterocycles. The molecule has 0 aliphatic carbocycles. The maximum absolute atomic E-state index is 9.94. The van der Waals surface area contributed by atoms with Crippen molar-refractivity contribution < 1.29 is 55.1 Å². The third kappa shape index (κ3) is 3.65. The summed E-state index contributed by atoms with van der Waals surface area (Å²) in [5.74, 6) is 0. The van der Waals surface area contributed by atoms with Gasteiger partial charge in [0, 0.05) is 0 Å². The van der Waals surface area contributed by atoms with Crippen molar-refractivity contribution in [3.05, 3.63) is 0 Å². The van der Waals surface area contributed by atoms with E-state index in [9.17, 15) is 35.7 Å². The van der Waals surface area contributed by atoms with E-state index in [1.54, 1.807) is 0 Å². The van der Waals surface area contributed by atoms with Crippen LogP contribution in [-0.2, 0) is 14.2 Å². The lowest BCUT2D eigenvalue weighted by molar-refractivity contribution is -0.355. The molecule has 0 aromatic carbocycles. The SMILES string of the molecule is OCC1O[C@@H](O[C@@H]2C(CO)O[C@@H](O)[C@@H](O)C2O)[C@@H](O)C(O)[C@H]1O. The van der Waals surface area contributed by atoms with E-state index in [0.29, 0.717) is 0 Å². The second-order valence-electron chi connectivity index (χ2n) is 5.53. The maximum atomic E-state index is 9.94. The van der Waals surface area contributed by atoms with Gasteiger partial charge in [0.2, 0.25) is 0 Å². The first-order valence-corrected chi connectivity index (χ1v) is 7.08. The van der Waals surface area contributed by atoms with Crippen LogP contribution < -0.4 is 0 Å². The molecule has 4 unspecified atom stereocenters. The topological polar surface area (TPSA) is 190 Å². The Balaban J connectivity index is 2.11. The number of hydrogen-bond acceptors (Lipinski definition) is 11. The molecule has 10 atom stereocenters. The fourth-order valence-corrected chi connectivity index (χ4v) is 2.57. The van der Waals surface area contributed by atoms with Gasteiger partial charge in [-0.3, -0.25) is 0 Å². The van der Waals surface area contributed by atoms with E-state index in [-0.39, 0.29) is 0 Å². The molecule has 2 saturated heterocycles. The van der Waals surface area contributed by atoms with Crippen LogP contribution in [0.2, 0.25) is 0 Å². The Morgan fingerprint density at radius 1 is 0.652 bits per heavy atom. The Morgan fingerprint density at radius 3 is 1.83 bits per heavy atom. The van der Waals surface area contributed by atoms with E-state index < -0.39 is 74.6 Å². The Labute approximate surface area is 130 Å². The van der Waals surface area contributed by atoms with Gasteiger partial charge in [-0.2, -0.15) is 0 Å². The fraction of sp³-hybridized carbons (Fsp3) is 1.00. The van der Waals surface area contributed by atoms with Gasteiger partial charge >= 0.3 is 0 Å². The molecule has 0 saturated carbocycles. The molecule has 0 amide bonds. The number of aliphatic hydroxyl groups excluding tert-OH is 8. The van der Waals surface area contributed by atoms with Crippen LogP contribution in [0.1, 0.15) is 0 Å². The highest BCUT2D eigenvalue weighted by atomic mass is 16.7. The van der Waals surface area contributed by atoms with Crippen molar-refractivity contribution in [2.24, 2.45) is 0 Å². The van der Waals surface area contributed by atoms with Crippen molar-refractivity contribution in [3.8, 4) is 0 Å². The van der Waals surface area contributed by atoms with Gasteiger partial charge in [-0.05, 0) is 0 Å². The lowest BCUT2D eigenvalue weighted by atomic mass is 9.97. The monoisotopic (exact) mass is 342 g/mol. The van der Waals surface area contributed by atoms with Crippen LogP contribution in [0, 0.1) is 0 Å². The zero-order chi connectivity index (χ0) is 17.3. The summed E-state index contributed by atoms with van der Waals surface area (Å²) in [6, 6.07) is 0. The molecule has 2 heterocycles. The van der Waals surface area contributed by atoms with Gasteiger partial charge in [-0.15, -0.1) is 0 Å². The molecule has 2 fully saturated rings. The summed E-state index contributed by atoms with van der Waals surface area (Å²) in [5, 5.41) is 76.5. The quantitative estimate of drug-likeness (QED) is 0.243. The predicted molar refractivity (Wildman–Crippen MR) is 68.6 cm³/mol. The first-order chi connectivity index (χ1) is 10.8.